The average Bonchev–Trinajstić information content (AvgIpc) is 3.05. The molecule has 2 heterocycles. The summed E-state index contributed by atoms with van der Waals surface area (Å²) in [5.41, 5.74) is 1.23. The van der Waals surface area contributed by atoms with Crippen LogP contribution in [0.15, 0.2) is 16.5 Å². The van der Waals surface area contributed by atoms with E-state index in [9.17, 15) is 0 Å². The lowest BCUT2D eigenvalue weighted by Gasteiger charge is -2.13. The molecule has 2 aromatic rings. The predicted molar refractivity (Wildman–Crippen MR) is 89.1 cm³/mol. The molecule has 0 aliphatic carbocycles. The molecule has 0 aliphatic rings. The number of nitrogens with one attached hydrogen (secondary N) is 1. The van der Waals surface area contributed by atoms with Crippen LogP contribution in [0.1, 0.15) is 48.3 Å². The zero-order valence-electron chi connectivity index (χ0n) is 13.6. The van der Waals surface area contributed by atoms with Gasteiger partial charge in [0, 0.05) is 18.5 Å². The largest absolute Gasteiger partial charge is 0.464 e. The molecule has 2 aromatic heterocycles. The summed E-state index contributed by atoms with van der Waals surface area (Å²) in [6.45, 7) is 8.06. The van der Waals surface area contributed by atoms with Crippen molar-refractivity contribution in [1.29, 1.82) is 0 Å². The lowest BCUT2D eigenvalue weighted by Crippen LogP contribution is -2.15. The number of furan rings is 1. The molecular weight excluding hydrogens is 282 g/mol. The van der Waals surface area contributed by atoms with Gasteiger partial charge in [0.1, 0.15) is 11.5 Å². The van der Waals surface area contributed by atoms with Gasteiger partial charge in [-0.05, 0) is 38.4 Å². The Morgan fingerprint density at radius 2 is 2.19 bits per heavy atom. The Morgan fingerprint density at radius 3 is 2.76 bits per heavy atom. The van der Waals surface area contributed by atoms with Crippen LogP contribution in [-0.4, -0.2) is 19.1 Å². The fourth-order valence-corrected chi connectivity index (χ4v) is 3.40. The van der Waals surface area contributed by atoms with Crippen molar-refractivity contribution in [2.75, 3.05) is 19.0 Å². The second-order valence-corrected chi connectivity index (χ2v) is 6.57. The summed E-state index contributed by atoms with van der Waals surface area (Å²) >= 11 is 1.77. The number of hydrogen-bond donors (Lipinski definition) is 1. The fraction of sp³-hybridized carbons (Fsp3) is 0.562. The molecule has 1 atom stereocenters. The van der Waals surface area contributed by atoms with Gasteiger partial charge < -0.3 is 14.6 Å². The Labute approximate surface area is 131 Å². The van der Waals surface area contributed by atoms with E-state index in [1.165, 1.54) is 10.6 Å². The third kappa shape index (κ3) is 3.86. The molecule has 0 aliphatic heterocycles. The first-order chi connectivity index (χ1) is 10.0. The van der Waals surface area contributed by atoms with Crippen LogP contribution in [0, 0.1) is 6.92 Å². The molecule has 0 bridgehead atoms. The maximum Gasteiger partial charge on any atom is 0.185 e. The van der Waals surface area contributed by atoms with Gasteiger partial charge in [0.25, 0.3) is 0 Å². The summed E-state index contributed by atoms with van der Waals surface area (Å²) in [7, 11) is 4.05. The van der Waals surface area contributed by atoms with Crippen molar-refractivity contribution in [2.45, 2.75) is 46.2 Å². The molecule has 21 heavy (non-hydrogen) atoms. The molecule has 0 saturated carbocycles. The van der Waals surface area contributed by atoms with Crippen molar-refractivity contribution in [1.82, 2.24) is 10.3 Å². The molecule has 5 heteroatoms. The van der Waals surface area contributed by atoms with Gasteiger partial charge in [0.2, 0.25) is 0 Å². The van der Waals surface area contributed by atoms with Crippen molar-refractivity contribution < 1.29 is 4.42 Å². The van der Waals surface area contributed by atoms with E-state index >= 15 is 0 Å². The number of aromatic nitrogens is 1. The minimum Gasteiger partial charge on any atom is -0.464 e. The van der Waals surface area contributed by atoms with Gasteiger partial charge in [0.15, 0.2) is 5.13 Å². The first-order valence-corrected chi connectivity index (χ1v) is 8.27. The minimum atomic E-state index is 0.498. The fourth-order valence-electron chi connectivity index (χ4n) is 2.25. The van der Waals surface area contributed by atoms with Crippen LogP contribution in [0.2, 0.25) is 0 Å². The van der Waals surface area contributed by atoms with Crippen LogP contribution >= 0.6 is 11.3 Å². The molecule has 1 unspecified atom stereocenters. The lowest BCUT2D eigenvalue weighted by atomic mass is 10.0. The van der Waals surface area contributed by atoms with E-state index in [1.54, 1.807) is 11.3 Å². The summed E-state index contributed by atoms with van der Waals surface area (Å²) in [5.74, 6) is 2.43. The Hall–Kier alpha value is -1.33. The van der Waals surface area contributed by atoms with Crippen molar-refractivity contribution in [2.24, 2.45) is 0 Å². The summed E-state index contributed by atoms with van der Waals surface area (Å²) in [5, 5.41) is 4.30. The van der Waals surface area contributed by atoms with Crippen LogP contribution in [0.4, 0.5) is 5.13 Å². The molecule has 0 fully saturated rings. The molecule has 0 amide bonds. The van der Waals surface area contributed by atoms with E-state index in [1.807, 2.05) is 26.1 Å². The first-order valence-electron chi connectivity index (χ1n) is 7.45. The number of thiazole rings is 1. The van der Waals surface area contributed by atoms with Crippen molar-refractivity contribution in [3.8, 4) is 0 Å². The van der Waals surface area contributed by atoms with Crippen LogP contribution in [-0.2, 0) is 13.1 Å². The van der Waals surface area contributed by atoms with Crippen LogP contribution in [0.3, 0.4) is 0 Å². The topological polar surface area (TPSA) is 41.3 Å². The standard InChI is InChI=1S/C16H25N3OS/c1-6-11(2)15-14(9-17-4)21-16(18-15)19(5)10-13-8-7-12(3)20-13/h7-8,11,17H,6,9-10H2,1-5H3. The highest BCUT2D eigenvalue weighted by atomic mass is 32.1. The number of anilines is 1. The maximum absolute atomic E-state index is 5.65. The number of rotatable bonds is 7. The number of aryl methyl sites for hydroxylation is 1. The Morgan fingerprint density at radius 1 is 1.43 bits per heavy atom. The maximum atomic E-state index is 5.65. The summed E-state index contributed by atoms with van der Waals surface area (Å²) in [6, 6.07) is 4.03. The molecule has 0 radical (unpaired) electrons. The Balaban J connectivity index is 2.18. The van der Waals surface area contributed by atoms with Crippen molar-refractivity contribution >= 4 is 16.5 Å². The molecule has 1 N–H and O–H groups in total. The van der Waals surface area contributed by atoms with E-state index < -0.39 is 0 Å². The molecule has 116 valence electrons. The number of hydrogen-bond acceptors (Lipinski definition) is 5. The third-order valence-electron chi connectivity index (χ3n) is 3.65. The van der Waals surface area contributed by atoms with Crippen LogP contribution in [0.25, 0.3) is 0 Å². The average molecular weight is 307 g/mol. The second kappa shape index (κ2) is 7.09. The van der Waals surface area contributed by atoms with Crippen LogP contribution in [0.5, 0.6) is 0 Å². The molecule has 0 saturated heterocycles. The Bertz CT molecular complexity index is 576. The SMILES string of the molecule is CCC(C)c1nc(N(C)Cc2ccc(C)o2)sc1CNC. The van der Waals surface area contributed by atoms with Gasteiger partial charge in [-0.2, -0.15) is 0 Å². The van der Waals surface area contributed by atoms with Gasteiger partial charge >= 0.3 is 0 Å². The van der Waals surface area contributed by atoms with Gasteiger partial charge in [-0.15, -0.1) is 11.3 Å². The summed E-state index contributed by atoms with van der Waals surface area (Å²) in [4.78, 5) is 8.36. The quantitative estimate of drug-likeness (QED) is 0.842. The zero-order valence-corrected chi connectivity index (χ0v) is 14.4. The van der Waals surface area contributed by atoms with E-state index in [2.05, 4.69) is 31.1 Å². The van der Waals surface area contributed by atoms with E-state index in [0.29, 0.717) is 5.92 Å². The monoisotopic (exact) mass is 307 g/mol. The third-order valence-corrected chi connectivity index (χ3v) is 4.83. The summed E-state index contributed by atoms with van der Waals surface area (Å²) in [6.07, 6.45) is 1.11. The highest BCUT2D eigenvalue weighted by Gasteiger charge is 2.18. The first kappa shape index (κ1) is 16.0. The second-order valence-electron chi connectivity index (χ2n) is 5.51. The van der Waals surface area contributed by atoms with Gasteiger partial charge in [0.05, 0.1) is 12.2 Å². The molecular formula is C16H25N3OS. The van der Waals surface area contributed by atoms with Crippen molar-refractivity contribution in [3.05, 3.63) is 34.2 Å². The lowest BCUT2D eigenvalue weighted by molar-refractivity contribution is 0.481. The smallest absolute Gasteiger partial charge is 0.185 e. The molecule has 4 nitrogen and oxygen atoms in total. The van der Waals surface area contributed by atoms with Gasteiger partial charge in [-0.3, -0.25) is 0 Å². The molecule has 0 aromatic carbocycles. The zero-order chi connectivity index (χ0) is 15.4. The van der Waals surface area contributed by atoms with Crippen LogP contribution < -0.4 is 10.2 Å². The normalized spacial score (nSPS) is 12.6. The molecule has 0 spiro atoms. The van der Waals surface area contributed by atoms with E-state index in [4.69, 9.17) is 9.40 Å². The van der Waals surface area contributed by atoms with E-state index in [0.717, 1.165) is 36.2 Å². The van der Waals surface area contributed by atoms with Gasteiger partial charge in [-0.25, -0.2) is 4.98 Å². The minimum absolute atomic E-state index is 0.498. The van der Waals surface area contributed by atoms with E-state index in [-0.39, 0.29) is 0 Å². The highest BCUT2D eigenvalue weighted by Crippen LogP contribution is 2.32. The predicted octanol–water partition coefficient (Wildman–Crippen LogP) is 3.91. The van der Waals surface area contributed by atoms with Crippen molar-refractivity contribution in [3.63, 3.8) is 0 Å². The highest BCUT2D eigenvalue weighted by molar-refractivity contribution is 7.15. The Kier molecular flexibility index (Phi) is 5.42. The molecule has 2 rings (SSSR count). The number of nitrogens with zero attached hydrogens (tertiary/aromatic N) is 2. The summed E-state index contributed by atoms with van der Waals surface area (Å²) < 4.78 is 5.65. The van der Waals surface area contributed by atoms with Gasteiger partial charge in [-0.1, -0.05) is 13.8 Å².